The Morgan fingerprint density at radius 2 is 2.40 bits per heavy atom. The van der Waals surface area contributed by atoms with Crippen molar-refractivity contribution in [3.63, 3.8) is 0 Å². The maximum absolute atomic E-state index is 4.27. The van der Waals surface area contributed by atoms with Crippen LogP contribution >= 0.6 is 0 Å². The first-order chi connectivity index (χ1) is 7.42. The molecule has 0 saturated carbocycles. The van der Waals surface area contributed by atoms with Crippen LogP contribution in [0.2, 0.25) is 0 Å². The van der Waals surface area contributed by atoms with Gasteiger partial charge in [0.15, 0.2) is 5.82 Å². The van der Waals surface area contributed by atoms with E-state index in [9.17, 15) is 0 Å². The minimum atomic E-state index is 0.781. The number of aromatic nitrogens is 4. The number of nitrogens with zero attached hydrogens (tertiary/aromatic N) is 4. The lowest BCUT2D eigenvalue weighted by molar-refractivity contribution is 0.842. The molecule has 0 unspecified atom stereocenters. The van der Waals surface area contributed by atoms with E-state index in [-0.39, 0.29) is 0 Å². The van der Waals surface area contributed by atoms with Crippen LogP contribution in [0.5, 0.6) is 0 Å². The second-order valence-electron chi connectivity index (χ2n) is 3.14. The zero-order valence-electron chi connectivity index (χ0n) is 8.59. The molecule has 5 heteroatoms. The lowest BCUT2D eigenvalue weighted by Gasteiger charge is -2.08. The van der Waals surface area contributed by atoms with Gasteiger partial charge in [0.1, 0.15) is 12.7 Å². The molecule has 0 bridgehead atoms. The Morgan fingerprint density at radius 1 is 1.47 bits per heavy atom. The third kappa shape index (κ3) is 2.12. The number of nitrogens with one attached hydrogen (secondary N) is 1. The molecule has 0 atom stereocenters. The van der Waals surface area contributed by atoms with Crippen LogP contribution in [0.25, 0.3) is 5.82 Å². The third-order valence-electron chi connectivity index (χ3n) is 1.99. The summed E-state index contributed by atoms with van der Waals surface area (Å²) in [7, 11) is 0. The van der Waals surface area contributed by atoms with Gasteiger partial charge >= 0.3 is 0 Å². The molecule has 2 aromatic heterocycles. The largest absolute Gasteiger partial charge is 0.382 e. The van der Waals surface area contributed by atoms with Gasteiger partial charge in [0.2, 0.25) is 0 Å². The van der Waals surface area contributed by atoms with E-state index in [1.807, 2.05) is 12.1 Å². The first kappa shape index (κ1) is 9.64. The van der Waals surface area contributed by atoms with Crippen LogP contribution in [0, 0.1) is 0 Å². The van der Waals surface area contributed by atoms with E-state index < -0.39 is 0 Å². The summed E-state index contributed by atoms with van der Waals surface area (Å²) in [5.41, 5.74) is 0.977. The number of rotatable bonds is 4. The Hall–Kier alpha value is -1.91. The third-order valence-corrected chi connectivity index (χ3v) is 1.99. The van der Waals surface area contributed by atoms with E-state index >= 15 is 0 Å². The van der Waals surface area contributed by atoms with Crippen molar-refractivity contribution >= 4 is 5.69 Å². The molecule has 78 valence electrons. The summed E-state index contributed by atoms with van der Waals surface area (Å²) >= 11 is 0. The van der Waals surface area contributed by atoms with E-state index in [0.29, 0.717) is 0 Å². The fourth-order valence-corrected chi connectivity index (χ4v) is 1.29. The van der Waals surface area contributed by atoms with Gasteiger partial charge in [0.05, 0.1) is 5.69 Å². The van der Waals surface area contributed by atoms with Gasteiger partial charge in [0, 0.05) is 12.7 Å². The van der Waals surface area contributed by atoms with Crippen molar-refractivity contribution in [3.8, 4) is 5.82 Å². The lowest BCUT2D eigenvalue weighted by Crippen LogP contribution is -2.06. The maximum Gasteiger partial charge on any atom is 0.178 e. The fraction of sp³-hybridized carbons (Fsp3) is 0.300. The van der Waals surface area contributed by atoms with Crippen molar-refractivity contribution in [1.82, 2.24) is 19.7 Å². The molecule has 0 aliphatic carbocycles. The number of hydrogen-bond donors (Lipinski definition) is 1. The van der Waals surface area contributed by atoms with Crippen LogP contribution in [-0.2, 0) is 0 Å². The van der Waals surface area contributed by atoms with Gasteiger partial charge in [-0.1, -0.05) is 6.92 Å². The summed E-state index contributed by atoms with van der Waals surface area (Å²) < 4.78 is 1.65. The van der Waals surface area contributed by atoms with Crippen LogP contribution in [0.1, 0.15) is 13.3 Å². The topological polar surface area (TPSA) is 55.6 Å². The van der Waals surface area contributed by atoms with E-state index in [1.54, 1.807) is 17.2 Å². The predicted molar refractivity (Wildman–Crippen MR) is 57.9 cm³/mol. The molecule has 2 rings (SSSR count). The highest BCUT2D eigenvalue weighted by Crippen LogP contribution is 2.15. The van der Waals surface area contributed by atoms with Crippen LogP contribution < -0.4 is 5.32 Å². The summed E-state index contributed by atoms with van der Waals surface area (Å²) in [6, 6.07) is 3.89. The molecule has 5 nitrogen and oxygen atoms in total. The van der Waals surface area contributed by atoms with Gasteiger partial charge in [-0.25, -0.2) is 14.6 Å². The highest BCUT2D eigenvalue weighted by atomic mass is 15.3. The Bertz CT molecular complexity index is 410. The van der Waals surface area contributed by atoms with Crippen molar-refractivity contribution in [2.24, 2.45) is 0 Å². The monoisotopic (exact) mass is 203 g/mol. The molecule has 0 amide bonds. The zero-order chi connectivity index (χ0) is 10.5. The Labute approximate surface area is 88.2 Å². The van der Waals surface area contributed by atoms with Crippen molar-refractivity contribution < 1.29 is 0 Å². The molecule has 0 radical (unpaired) electrons. The molecular formula is C10H13N5. The first-order valence-corrected chi connectivity index (χ1v) is 4.95. The second-order valence-corrected chi connectivity index (χ2v) is 3.14. The van der Waals surface area contributed by atoms with Gasteiger partial charge in [-0.2, -0.15) is 5.10 Å². The van der Waals surface area contributed by atoms with Gasteiger partial charge in [0.25, 0.3) is 0 Å². The van der Waals surface area contributed by atoms with Gasteiger partial charge in [-0.3, -0.25) is 0 Å². The van der Waals surface area contributed by atoms with E-state index in [2.05, 4.69) is 27.3 Å². The van der Waals surface area contributed by atoms with Crippen LogP contribution in [-0.4, -0.2) is 26.3 Å². The summed E-state index contributed by atoms with van der Waals surface area (Å²) in [5.74, 6) is 0.781. The number of anilines is 1. The molecule has 1 N–H and O–H groups in total. The molecule has 2 aromatic rings. The van der Waals surface area contributed by atoms with Crippen LogP contribution in [0.3, 0.4) is 0 Å². The first-order valence-electron chi connectivity index (χ1n) is 4.95. The highest BCUT2D eigenvalue weighted by Gasteiger charge is 2.04. The van der Waals surface area contributed by atoms with Gasteiger partial charge in [-0.15, -0.1) is 0 Å². The standard InChI is InChI=1S/C10H13N5/c1-2-5-12-9-4-3-6-13-10(9)15-8-11-7-14-15/h3-4,6-8,12H,2,5H2,1H3. The molecule has 0 fully saturated rings. The molecule has 2 heterocycles. The van der Waals surface area contributed by atoms with Gasteiger partial charge < -0.3 is 5.32 Å². The van der Waals surface area contributed by atoms with Crippen molar-refractivity contribution in [2.75, 3.05) is 11.9 Å². The lowest BCUT2D eigenvalue weighted by atomic mass is 10.3. The van der Waals surface area contributed by atoms with Crippen LogP contribution in [0.15, 0.2) is 31.0 Å². The van der Waals surface area contributed by atoms with E-state index in [1.165, 1.54) is 6.33 Å². The minimum Gasteiger partial charge on any atom is -0.382 e. The Balaban J connectivity index is 2.30. The Kier molecular flexibility index (Phi) is 2.92. The average molecular weight is 203 g/mol. The smallest absolute Gasteiger partial charge is 0.178 e. The summed E-state index contributed by atoms with van der Waals surface area (Å²) in [6.45, 7) is 3.05. The SMILES string of the molecule is CCCNc1cccnc1-n1cncn1. The molecule has 0 aliphatic heterocycles. The van der Waals surface area contributed by atoms with Crippen LogP contribution in [0.4, 0.5) is 5.69 Å². The molecule has 0 saturated heterocycles. The van der Waals surface area contributed by atoms with Gasteiger partial charge in [-0.05, 0) is 18.6 Å². The van der Waals surface area contributed by atoms with Crippen molar-refractivity contribution in [1.29, 1.82) is 0 Å². The number of hydrogen-bond acceptors (Lipinski definition) is 4. The molecule has 0 aromatic carbocycles. The van der Waals surface area contributed by atoms with Crippen molar-refractivity contribution in [3.05, 3.63) is 31.0 Å². The maximum atomic E-state index is 4.27. The number of pyridine rings is 1. The average Bonchev–Trinajstić information content (AvgIpc) is 2.80. The normalized spacial score (nSPS) is 10.2. The zero-order valence-corrected chi connectivity index (χ0v) is 8.59. The quantitative estimate of drug-likeness (QED) is 0.817. The fourth-order valence-electron chi connectivity index (χ4n) is 1.29. The Morgan fingerprint density at radius 3 is 3.13 bits per heavy atom. The second kappa shape index (κ2) is 4.54. The summed E-state index contributed by atoms with van der Waals surface area (Å²) in [5, 5.41) is 7.36. The van der Waals surface area contributed by atoms with E-state index in [0.717, 1.165) is 24.5 Å². The minimum absolute atomic E-state index is 0.781. The predicted octanol–water partition coefficient (Wildman–Crippen LogP) is 1.48. The molecule has 15 heavy (non-hydrogen) atoms. The summed E-state index contributed by atoms with van der Waals surface area (Å²) in [6.07, 6.45) is 5.96. The summed E-state index contributed by atoms with van der Waals surface area (Å²) in [4.78, 5) is 8.18. The van der Waals surface area contributed by atoms with Crippen molar-refractivity contribution in [2.45, 2.75) is 13.3 Å². The molecule has 0 aliphatic rings. The molecule has 0 spiro atoms. The molecular weight excluding hydrogens is 190 g/mol. The van der Waals surface area contributed by atoms with E-state index in [4.69, 9.17) is 0 Å². The highest BCUT2D eigenvalue weighted by molar-refractivity contribution is 5.55.